The number of aryl methyl sites for hydroxylation is 1. The van der Waals surface area contributed by atoms with Crippen molar-refractivity contribution in [2.24, 2.45) is 0 Å². The van der Waals surface area contributed by atoms with E-state index in [2.05, 4.69) is 4.98 Å². The number of carbonyl (C=O) groups excluding carboxylic acids is 1. The van der Waals surface area contributed by atoms with Gasteiger partial charge in [0.2, 0.25) is 0 Å². The van der Waals surface area contributed by atoms with Crippen molar-refractivity contribution in [3.63, 3.8) is 0 Å². The van der Waals surface area contributed by atoms with Gasteiger partial charge in [0.25, 0.3) is 0 Å². The lowest BCUT2D eigenvalue weighted by Crippen LogP contribution is -2.15. The molecule has 0 atom stereocenters. The van der Waals surface area contributed by atoms with Gasteiger partial charge in [-0.05, 0) is 38.1 Å². The largest absolute Gasteiger partial charge is 0.465 e. The molecule has 4 nitrogen and oxygen atoms in total. The van der Waals surface area contributed by atoms with Crippen molar-refractivity contribution in [1.82, 2.24) is 9.55 Å². The van der Waals surface area contributed by atoms with Gasteiger partial charge in [-0.3, -0.25) is 4.79 Å². The normalized spacial score (nSPS) is 10.5. The molecule has 0 aliphatic heterocycles. The van der Waals surface area contributed by atoms with Gasteiger partial charge >= 0.3 is 5.97 Å². The molecule has 5 heteroatoms. The quantitative estimate of drug-likeness (QED) is 0.638. The van der Waals surface area contributed by atoms with E-state index >= 15 is 0 Å². The molecule has 0 aromatic carbocycles. The van der Waals surface area contributed by atoms with Crippen LogP contribution < -0.4 is 0 Å². The predicted octanol–water partition coefficient (Wildman–Crippen LogP) is 3.08. The van der Waals surface area contributed by atoms with E-state index in [0.717, 1.165) is 17.0 Å². The lowest BCUT2D eigenvalue weighted by molar-refractivity contribution is -0.143. The summed E-state index contributed by atoms with van der Waals surface area (Å²) in [7, 11) is 0. The summed E-state index contributed by atoms with van der Waals surface area (Å²) in [5.74, 6) is -0.247. The van der Waals surface area contributed by atoms with Gasteiger partial charge in [-0.25, -0.2) is 4.98 Å². The minimum Gasteiger partial charge on any atom is -0.465 e. The van der Waals surface area contributed by atoms with Crippen LogP contribution in [0.25, 0.3) is 11.3 Å². The minimum absolute atomic E-state index is 0.196. The molecule has 0 spiro atoms. The summed E-state index contributed by atoms with van der Waals surface area (Å²) < 4.78 is 6.89. The van der Waals surface area contributed by atoms with E-state index in [1.807, 2.05) is 29.7 Å². The fourth-order valence-corrected chi connectivity index (χ4v) is 2.10. The summed E-state index contributed by atoms with van der Waals surface area (Å²) in [6.45, 7) is 4.33. The summed E-state index contributed by atoms with van der Waals surface area (Å²) in [6.07, 6.45) is 1.65. The molecule has 0 aliphatic rings. The van der Waals surface area contributed by atoms with Crippen LogP contribution in [0.4, 0.5) is 0 Å². The third kappa shape index (κ3) is 3.15. The monoisotopic (exact) mass is 278 g/mol. The van der Waals surface area contributed by atoms with E-state index in [1.54, 1.807) is 19.2 Å². The predicted molar refractivity (Wildman–Crippen MR) is 74.0 cm³/mol. The first kappa shape index (κ1) is 13.6. The summed E-state index contributed by atoms with van der Waals surface area (Å²) in [5, 5.41) is 0.430. The Hall–Kier alpha value is -1.81. The van der Waals surface area contributed by atoms with Gasteiger partial charge in [-0.1, -0.05) is 11.6 Å². The van der Waals surface area contributed by atoms with E-state index in [4.69, 9.17) is 16.3 Å². The molecular formula is C14H15ClN2O2. The molecule has 19 heavy (non-hydrogen) atoms. The Labute approximate surface area is 117 Å². The van der Waals surface area contributed by atoms with E-state index in [9.17, 15) is 4.79 Å². The maximum atomic E-state index is 11.6. The fraction of sp³-hybridized carbons (Fsp3) is 0.286. The number of hydrogen-bond donors (Lipinski definition) is 0. The van der Waals surface area contributed by atoms with Gasteiger partial charge in [0.1, 0.15) is 11.7 Å². The molecule has 0 bridgehead atoms. The first-order valence-corrected chi connectivity index (χ1v) is 6.43. The molecule has 2 aromatic rings. The topological polar surface area (TPSA) is 44.1 Å². The summed E-state index contributed by atoms with van der Waals surface area (Å²) in [6, 6.07) is 7.56. The third-order valence-electron chi connectivity index (χ3n) is 2.81. The van der Waals surface area contributed by atoms with E-state index in [1.165, 1.54) is 0 Å². The Kier molecular flexibility index (Phi) is 4.22. The average molecular weight is 279 g/mol. The summed E-state index contributed by atoms with van der Waals surface area (Å²) in [4.78, 5) is 15.6. The maximum absolute atomic E-state index is 11.6. The van der Waals surface area contributed by atoms with Crippen LogP contribution in [0.15, 0.2) is 30.5 Å². The Morgan fingerprint density at radius 2 is 2.21 bits per heavy atom. The van der Waals surface area contributed by atoms with E-state index in [-0.39, 0.29) is 12.5 Å². The van der Waals surface area contributed by atoms with Gasteiger partial charge in [-0.15, -0.1) is 0 Å². The van der Waals surface area contributed by atoms with Crippen molar-refractivity contribution in [1.29, 1.82) is 0 Å². The van der Waals surface area contributed by atoms with Crippen molar-refractivity contribution in [3.05, 3.63) is 41.3 Å². The van der Waals surface area contributed by atoms with Gasteiger partial charge < -0.3 is 9.30 Å². The average Bonchev–Trinajstić information content (AvgIpc) is 2.71. The number of rotatable bonds is 4. The molecule has 0 aliphatic carbocycles. The number of halogens is 1. The lowest BCUT2D eigenvalue weighted by Gasteiger charge is -2.11. The number of ether oxygens (including phenoxy) is 1. The number of pyridine rings is 1. The first-order chi connectivity index (χ1) is 9.11. The van der Waals surface area contributed by atoms with Crippen LogP contribution in [-0.4, -0.2) is 22.1 Å². The van der Waals surface area contributed by atoms with Crippen molar-refractivity contribution >= 4 is 17.6 Å². The standard InChI is InChI=1S/C14H15ClN2O2/c1-3-19-14(18)9-17-10(2)4-5-12(17)11-6-7-16-13(15)8-11/h4-8H,3,9H2,1-2H3. The van der Waals surface area contributed by atoms with Crippen LogP contribution in [-0.2, 0) is 16.1 Å². The van der Waals surface area contributed by atoms with E-state index in [0.29, 0.717) is 11.8 Å². The summed E-state index contributed by atoms with van der Waals surface area (Å²) in [5.41, 5.74) is 2.85. The molecule has 0 unspecified atom stereocenters. The molecule has 0 fully saturated rings. The number of hydrogen-bond acceptors (Lipinski definition) is 3. The molecule has 0 N–H and O–H groups in total. The molecule has 2 aromatic heterocycles. The smallest absolute Gasteiger partial charge is 0.325 e. The second kappa shape index (κ2) is 5.89. The van der Waals surface area contributed by atoms with Crippen molar-refractivity contribution < 1.29 is 9.53 Å². The molecule has 2 heterocycles. The van der Waals surface area contributed by atoms with Crippen LogP contribution in [0.5, 0.6) is 0 Å². The van der Waals surface area contributed by atoms with Crippen LogP contribution >= 0.6 is 11.6 Å². The molecule has 0 radical (unpaired) electrons. The second-order valence-corrected chi connectivity index (χ2v) is 4.51. The zero-order valence-corrected chi connectivity index (χ0v) is 11.6. The number of aromatic nitrogens is 2. The summed E-state index contributed by atoms with van der Waals surface area (Å²) >= 11 is 5.90. The van der Waals surface area contributed by atoms with Crippen molar-refractivity contribution in [2.45, 2.75) is 20.4 Å². The third-order valence-corrected chi connectivity index (χ3v) is 3.02. The fourth-order valence-electron chi connectivity index (χ4n) is 1.93. The van der Waals surface area contributed by atoms with Gasteiger partial charge in [0.15, 0.2) is 0 Å². The zero-order valence-electron chi connectivity index (χ0n) is 10.9. The molecule has 0 saturated carbocycles. The number of carbonyl (C=O) groups is 1. The number of esters is 1. The van der Waals surface area contributed by atoms with Gasteiger partial charge in [0.05, 0.1) is 6.61 Å². The van der Waals surface area contributed by atoms with E-state index < -0.39 is 0 Å². The van der Waals surface area contributed by atoms with Crippen molar-refractivity contribution in [3.8, 4) is 11.3 Å². The van der Waals surface area contributed by atoms with Crippen LogP contribution in [0.2, 0.25) is 5.15 Å². The molecule has 0 saturated heterocycles. The Balaban J connectivity index is 2.34. The number of nitrogens with zero attached hydrogens (tertiary/aromatic N) is 2. The zero-order chi connectivity index (χ0) is 13.8. The van der Waals surface area contributed by atoms with Crippen LogP contribution in [0.3, 0.4) is 0 Å². The van der Waals surface area contributed by atoms with Gasteiger partial charge in [0, 0.05) is 23.1 Å². The van der Waals surface area contributed by atoms with Gasteiger partial charge in [-0.2, -0.15) is 0 Å². The minimum atomic E-state index is -0.247. The molecular weight excluding hydrogens is 264 g/mol. The lowest BCUT2D eigenvalue weighted by atomic mass is 10.2. The highest BCUT2D eigenvalue weighted by Gasteiger charge is 2.12. The molecule has 2 rings (SSSR count). The molecule has 100 valence electrons. The second-order valence-electron chi connectivity index (χ2n) is 4.12. The van der Waals surface area contributed by atoms with Crippen LogP contribution in [0.1, 0.15) is 12.6 Å². The van der Waals surface area contributed by atoms with Crippen LogP contribution in [0, 0.1) is 6.92 Å². The Morgan fingerprint density at radius 1 is 1.42 bits per heavy atom. The Morgan fingerprint density at radius 3 is 2.89 bits per heavy atom. The van der Waals surface area contributed by atoms with Crippen molar-refractivity contribution in [2.75, 3.05) is 6.61 Å². The maximum Gasteiger partial charge on any atom is 0.325 e. The first-order valence-electron chi connectivity index (χ1n) is 6.05. The highest BCUT2D eigenvalue weighted by atomic mass is 35.5. The Bertz CT molecular complexity index is 593. The highest BCUT2D eigenvalue weighted by molar-refractivity contribution is 6.29. The SMILES string of the molecule is CCOC(=O)Cn1c(C)ccc1-c1ccnc(Cl)c1. The highest BCUT2D eigenvalue weighted by Crippen LogP contribution is 2.24. The molecule has 0 amide bonds.